The van der Waals surface area contributed by atoms with E-state index in [-0.39, 0.29) is 10.6 Å². The number of sulfonamides is 1. The van der Waals surface area contributed by atoms with Gasteiger partial charge in [-0.3, -0.25) is 9.71 Å². The Morgan fingerprint density at radius 2 is 1.86 bits per heavy atom. The quantitative estimate of drug-likeness (QED) is 0.805. The van der Waals surface area contributed by atoms with Crippen molar-refractivity contribution in [3.63, 3.8) is 0 Å². The zero-order valence-corrected chi connectivity index (χ0v) is 11.9. The molecule has 4 nitrogen and oxygen atoms in total. The molecule has 0 unspecified atom stereocenters. The third kappa shape index (κ3) is 2.62. The van der Waals surface area contributed by atoms with Gasteiger partial charge in [0.05, 0.1) is 10.6 Å². The molecule has 1 heterocycles. The van der Waals surface area contributed by atoms with Crippen molar-refractivity contribution in [1.29, 1.82) is 0 Å². The summed E-state index contributed by atoms with van der Waals surface area (Å²) in [6.07, 6.45) is 3.01. The lowest BCUT2D eigenvalue weighted by atomic mass is 10.2. The highest BCUT2D eigenvalue weighted by molar-refractivity contribution is 7.93. The molecule has 0 radical (unpaired) electrons. The van der Waals surface area contributed by atoms with Gasteiger partial charge in [-0.15, -0.1) is 0 Å². The normalized spacial score (nSPS) is 11.5. The SMILES string of the molecule is O=S(=O)(Nc1ccc(F)cc1F)c1cccc2cnccc12. The zero-order valence-electron chi connectivity index (χ0n) is 11.1. The van der Waals surface area contributed by atoms with Crippen LogP contribution in [0.5, 0.6) is 0 Å². The molecule has 3 rings (SSSR count). The number of hydrogen-bond acceptors (Lipinski definition) is 3. The third-order valence-electron chi connectivity index (χ3n) is 3.11. The molecule has 0 aliphatic carbocycles. The Hall–Kier alpha value is -2.54. The van der Waals surface area contributed by atoms with E-state index in [1.165, 1.54) is 18.5 Å². The largest absolute Gasteiger partial charge is 0.277 e. The van der Waals surface area contributed by atoms with Crippen LogP contribution in [-0.2, 0) is 10.0 Å². The van der Waals surface area contributed by atoms with Gasteiger partial charge < -0.3 is 0 Å². The molecule has 3 aromatic rings. The number of pyridine rings is 1. The van der Waals surface area contributed by atoms with E-state index in [0.717, 1.165) is 12.1 Å². The number of benzene rings is 2. The Morgan fingerprint density at radius 3 is 2.64 bits per heavy atom. The molecule has 0 bridgehead atoms. The Balaban J connectivity index is 2.09. The van der Waals surface area contributed by atoms with E-state index < -0.39 is 21.7 Å². The third-order valence-corrected chi connectivity index (χ3v) is 4.53. The highest BCUT2D eigenvalue weighted by Gasteiger charge is 2.19. The second kappa shape index (κ2) is 5.34. The summed E-state index contributed by atoms with van der Waals surface area (Å²) in [5.41, 5.74) is -0.313. The Bertz CT molecular complexity index is 953. The fourth-order valence-electron chi connectivity index (χ4n) is 2.10. The van der Waals surface area contributed by atoms with Gasteiger partial charge in [0, 0.05) is 29.2 Å². The summed E-state index contributed by atoms with van der Waals surface area (Å²) >= 11 is 0. The van der Waals surface area contributed by atoms with Crippen molar-refractivity contribution >= 4 is 26.5 Å². The first kappa shape index (κ1) is 14.4. The molecule has 0 amide bonds. The van der Waals surface area contributed by atoms with E-state index in [0.29, 0.717) is 16.8 Å². The molecule has 112 valence electrons. The van der Waals surface area contributed by atoms with E-state index >= 15 is 0 Å². The number of nitrogens with one attached hydrogen (secondary N) is 1. The number of nitrogens with zero attached hydrogens (tertiary/aromatic N) is 1. The van der Waals surface area contributed by atoms with E-state index in [4.69, 9.17) is 0 Å². The monoisotopic (exact) mass is 320 g/mol. The lowest BCUT2D eigenvalue weighted by Gasteiger charge is -2.11. The Kier molecular flexibility index (Phi) is 3.50. The molecule has 0 fully saturated rings. The molecule has 1 aromatic heterocycles. The summed E-state index contributed by atoms with van der Waals surface area (Å²) in [6.45, 7) is 0. The second-order valence-electron chi connectivity index (χ2n) is 4.58. The maximum atomic E-state index is 13.6. The van der Waals surface area contributed by atoms with E-state index in [9.17, 15) is 17.2 Å². The lowest BCUT2D eigenvalue weighted by Crippen LogP contribution is -2.14. The maximum absolute atomic E-state index is 13.6. The van der Waals surface area contributed by atoms with Crippen molar-refractivity contribution in [2.75, 3.05) is 4.72 Å². The van der Waals surface area contributed by atoms with Crippen LogP contribution in [0.25, 0.3) is 10.8 Å². The molecule has 0 atom stereocenters. The van der Waals surface area contributed by atoms with Crippen LogP contribution in [0.4, 0.5) is 14.5 Å². The van der Waals surface area contributed by atoms with Gasteiger partial charge in [0.2, 0.25) is 0 Å². The lowest BCUT2D eigenvalue weighted by molar-refractivity contribution is 0.583. The molecule has 2 aromatic carbocycles. The van der Waals surface area contributed by atoms with Crippen molar-refractivity contribution in [2.24, 2.45) is 0 Å². The summed E-state index contributed by atoms with van der Waals surface area (Å²) in [7, 11) is -4.02. The molecule has 1 N–H and O–H groups in total. The number of fused-ring (bicyclic) bond motifs is 1. The summed E-state index contributed by atoms with van der Waals surface area (Å²) in [5, 5.41) is 1.11. The minimum absolute atomic E-state index is 0.00359. The van der Waals surface area contributed by atoms with E-state index in [1.807, 2.05) is 0 Å². The molecular formula is C15H10F2N2O2S. The smallest absolute Gasteiger partial charge is 0.262 e. The average molecular weight is 320 g/mol. The molecule has 0 saturated heterocycles. The van der Waals surface area contributed by atoms with Crippen molar-refractivity contribution in [2.45, 2.75) is 4.90 Å². The van der Waals surface area contributed by atoms with Crippen molar-refractivity contribution in [3.8, 4) is 0 Å². The molecule has 0 saturated carbocycles. The maximum Gasteiger partial charge on any atom is 0.262 e. The Labute approximate surface area is 125 Å². The summed E-state index contributed by atoms with van der Waals surface area (Å²) < 4.78 is 53.6. The van der Waals surface area contributed by atoms with Gasteiger partial charge >= 0.3 is 0 Å². The molecule has 0 aliphatic rings. The minimum Gasteiger partial charge on any atom is -0.277 e. The van der Waals surface area contributed by atoms with Crippen LogP contribution in [0.3, 0.4) is 0 Å². The van der Waals surface area contributed by atoms with Crippen LogP contribution in [0, 0.1) is 11.6 Å². The summed E-state index contributed by atoms with van der Waals surface area (Å²) in [5.74, 6) is -1.76. The van der Waals surface area contributed by atoms with Crippen LogP contribution in [0.1, 0.15) is 0 Å². The topological polar surface area (TPSA) is 59.1 Å². The van der Waals surface area contributed by atoms with Crippen LogP contribution >= 0.6 is 0 Å². The number of rotatable bonds is 3. The van der Waals surface area contributed by atoms with Crippen molar-refractivity contribution in [1.82, 2.24) is 4.98 Å². The number of hydrogen-bond donors (Lipinski definition) is 1. The Morgan fingerprint density at radius 1 is 1.05 bits per heavy atom. The average Bonchev–Trinajstić information content (AvgIpc) is 2.49. The first-order valence-corrected chi connectivity index (χ1v) is 7.76. The predicted molar refractivity (Wildman–Crippen MR) is 78.9 cm³/mol. The van der Waals surface area contributed by atoms with Gasteiger partial charge in [-0.2, -0.15) is 0 Å². The fourth-order valence-corrected chi connectivity index (χ4v) is 3.40. The number of anilines is 1. The van der Waals surface area contributed by atoms with Crippen molar-refractivity contribution < 1.29 is 17.2 Å². The van der Waals surface area contributed by atoms with Crippen LogP contribution in [0.15, 0.2) is 59.8 Å². The van der Waals surface area contributed by atoms with E-state index in [2.05, 4.69) is 9.71 Å². The van der Waals surface area contributed by atoms with Crippen LogP contribution in [-0.4, -0.2) is 13.4 Å². The summed E-state index contributed by atoms with van der Waals surface area (Å²) in [4.78, 5) is 3.92. The predicted octanol–water partition coefficient (Wildman–Crippen LogP) is 3.31. The first-order valence-electron chi connectivity index (χ1n) is 6.28. The fraction of sp³-hybridized carbons (Fsp3) is 0. The molecule has 7 heteroatoms. The van der Waals surface area contributed by atoms with Gasteiger partial charge in [0.25, 0.3) is 10.0 Å². The highest BCUT2D eigenvalue weighted by Crippen LogP contribution is 2.25. The number of aromatic nitrogens is 1. The van der Waals surface area contributed by atoms with Gasteiger partial charge in [0.15, 0.2) is 0 Å². The van der Waals surface area contributed by atoms with Gasteiger partial charge in [-0.1, -0.05) is 12.1 Å². The van der Waals surface area contributed by atoms with Crippen molar-refractivity contribution in [3.05, 3.63) is 66.5 Å². The summed E-state index contributed by atoms with van der Waals surface area (Å²) in [6, 6.07) is 8.89. The zero-order chi connectivity index (χ0) is 15.7. The minimum atomic E-state index is -4.02. The van der Waals surface area contributed by atoms with E-state index in [1.54, 1.807) is 18.2 Å². The van der Waals surface area contributed by atoms with Gasteiger partial charge in [-0.05, 0) is 24.3 Å². The first-order chi connectivity index (χ1) is 10.5. The molecule has 0 aliphatic heterocycles. The molecule has 0 spiro atoms. The molecule has 22 heavy (non-hydrogen) atoms. The second-order valence-corrected chi connectivity index (χ2v) is 6.23. The van der Waals surface area contributed by atoms with Gasteiger partial charge in [-0.25, -0.2) is 17.2 Å². The van der Waals surface area contributed by atoms with Crippen LogP contribution in [0.2, 0.25) is 0 Å². The molecular weight excluding hydrogens is 310 g/mol. The van der Waals surface area contributed by atoms with Crippen LogP contribution < -0.4 is 4.72 Å². The van der Waals surface area contributed by atoms with Gasteiger partial charge in [0.1, 0.15) is 11.6 Å². The standard InChI is InChI=1S/C15H10F2N2O2S/c16-11-4-5-14(13(17)8-11)19-22(20,21)15-3-1-2-10-9-18-7-6-12(10)15/h1-9,19H. The number of halogens is 2. The highest BCUT2D eigenvalue weighted by atomic mass is 32.2.